The molecule has 0 aliphatic carbocycles. The minimum Gasteiger partial charge on any atom is -0.396 e. The fourth-order valence-electron chi connectivity index (χ4n) is 1.29. The Balaban J connectivity index is 2.53. The summed E-state index contributed by atoms with van der Waals surface area (Å²) in [5, 5.41) is 18.0. The van der Waals surface area contributed by atoms with Crippen LogP contribution in [-0.4, -0.2) is 17.5 Å². The predicted octanol–water partition coefficient (Wildman–Crippen LogP) is 2.98. The summed E-state index contributed by atoms with van der Waals surface area (Å²) >= 11 is 1.83. The first-order valence-electron chi connectivity index (χ1n) is 5.40. The average Bonchev–Trinajstić information content (AvgIpc) is 2.35. The van der Waals surface area contributed by atoms with Crippen molar-refractivity contribution in [1.82, 2.24) is 0 Å². The molecule has 1 aromatic rings. The number of aliphatic hydroxyl groups excluding tert-OH is 1. The van der Waals surface area contributed by atoms with Gasteiger partial charge in [-0.3, -0.25) is 0 Å². The highest BCUT2D eigenvalue weighted by Gasteiger charge is 2.08. The molecule has 0 unspecified atom stereocenters. The van der Waals surface area contributed by atoms with Crippen molar-refractivity contribution in [2.24, 2.45) is 5.92 Å². The Hall–Kier alpha value is -0.980. The van der Waals surface area contributed by atoms with E-state index in [4.69, 9.17) is 10.4 Å². The van der Waals surface area contributed by atoms with Crippen LogP contribution in [0.1, 0.15) is 30.2 Å². The molecule has 0 spiro atoms. The third-order valence-corrected chi connectivity index (χ3v) is 3.99. The van der Waals surface area contributed by atoms with Crippen LogP contribution in [0.4, 0.5) is 0 Å². The van der Waals surface area contributed by atoms with E-state index in [1.165, 1.54) is 5.56 Å². The number of benzene rings is 1. The fourth-order valence-corrected chi connectivity index (χ4v) is 2.36. The average molecular weight is 235 g/mol. The second kappa shape index (κ2) is 6.57. The van der Waals surface area contributed by atoms with Crippen molar-refractivity contribution in [3.63, 3.8) is 0 Å². The Morgan fingerprint density at radius 3 is 2.44 bits per heavy atom. The Morgan fingerprint density at radius 2 is 1.94 bits per heavy atom. The van der Waals surface area contributed by atoms with Gasteiger partial charge in [0, 0.05) is 11.9 Å². The maximum atomic E-state index is 8.94. The topological polar surface area (TPSA) is 44.0 Å². The minimum absolute atomic E-state index is 0.243. The maximum Gasteiger partial charge on any atom is 0.0991 e. The van der Waals surface area contributed by atoms with Gasteiger partial charge in [-0.25, -0.2) is 0 Å². The number of nitriles is 1. The van der Waals surface area contributed by atoms with Gasteiger partial charge in [0.15, 0.2) is 0 Å². The largest absolute Gasteiger partial charge is 0.396 e. The first-order valence-corrected chi connectivity index (χ1v) is 6.44. The van der Waals surface area contributed by atoms with Crippen LogP contribution < -0.4 is 0 Å². The van der Waals surface area contributed by atoms with Crippen LogP contribution in [0.5, 0.6) is 0 Å². The number of aliphatic hydroxyl groups is 1. The lowest BCUT2D eigenvalue weighted by atomic mass is 10.1. The van der Waals surface area contributed by atoms with Gasteiger partial charge in [0.25, 0.3) is 0 Å². The Bertz CT molecular complexity index is 355. The molecule has 86 valence electrons. The summed E-state index contributed by atoms with van der Waals surface area (Å²) < 4.78 is 0. The standard InChI is InChI=1S/C13H17NOS/c1-10(8-15)9-16-11(2)13-5-3-12(7-14)4-6-13/h3-6,10-11,15H,8-9H2,1-2H3/t10-,11-/m1/s1. The summed E-state index contributed by atoms with van der Waals surface area (Å²) in [6.07, 6.45) is 0. The summed E-state index contributed by atoms with van der Waals surface area (Å²) in [5.41, 5.74) is 1.93. The molecule has 1 aromatic carbocycles. The Morgan fingerprint density at radius 1 is 1.31 bits per heavy atom. The van der Waals surface area contributed by atoms with Crippen molar-refractivity contribution in [3.05, 3.63) is 35.4 Å². The molecule has 0 fully saturated rings. The summed E-state index contributed by atoms with van der Waals surface area (Å²) in [6.45, 7) is 4.43. The Kier molecular flexibility index (Phi) is 5.37. The molecule has 1 rings (SSSR count). The van der Waals surface area contributed by atoms with Gasteiger partial charge in [0.05, 0.1) is 11.6 Å². The van der Waals surface area contributed by atoms with Gasteiger partial charge >= 0.3 is 0 Å². The quantitative estimate of drug-likeness (QED) is 0.853. The van der Waals surface area contributed by atoms with E-state index >= 15 is 0 Å². The van der Waals surface area contributed by atoms with Crippen molar-refractivity contribution in [2.75, 3.05) is 12.4 Å². The molecule has 0 aliphatic rings. The molecule has 0 heterocycles. The molecule has 0 amide bonds. The van der Waals surface area contributed by atoms with Crippen LogP contribution in [0.15, 0.2) is 24.3 Å². The van der Waals surface area contributed by atoms with Crippen molar-refractivity contribution >= 4 is 11.8 Å². The predicted molar refractivity (Wildman–Crippen MR) is 68.3 cm³/mol. The van der Waals surface area contributed by atoms with Gasteiger partial charge < -0.3 is 5.11 Å². The summed E-state index contributed by atoms with van der Waals surface area (Å²) in [5.74, 6) is 1.29. The minimum atomic E-state index is 0.243. The van der Waals surface area contributed by atoms with Crippen LogP contribution in [0, 0.1) is 17.2 Å². The number of hydrogen-bond donors (Lipinski definition) is 1. The van der Waals surface area contributed by atoms with Gasteiger partial charge in [-0.15, -0.1) is 0 Å². The van der Waals surface area contributed by atoms with Crippen LogP contribution in [-0.2, 0) is 0 Å². The molecule has 3 heteroatoms. The first kappa shape index (κ1) is 13.1. The molecule has 0 radical (unpaired) electrons. The Labute approximate surface area is 101 Å². The van der Waals surface area contributed by atoms with Gasteiger partial charge in [0.1, 0.15) is 0 Å². The monoisotopic (exact) mass is 235 g/mol. The number of thioether (sulfide) groups is 1. The highest BCUT2D eigenvalue weighted by atomic mass is 32.2. The zero-order valence-electron chi connectivity index (χ0n) is 9.68. The van der Waals surface area contributed by atoms with Crippen LogP contribution in [0.25, 0.3) is 0 Å². The van der Waals surface area contributed by atoms with Crippen molar-refractivity contribution in [2.45, 2.75) is 19.1 Å². The molecular formula is C13H17NOS. The second-order valence-corrected chi connectivity index (χ2v) is 5.37. The molecule has 0 aromatic heterocycles. The first-order chi connectivity index (χ1) is 7.67. The molecule has 0 aliphatic heterocycles. The smallest absolute Gasteiger partial charge is 0.0991 e. The summed E-state index contributed by atoms with van der Waals surface area (Å²) in [4.78, 5) is 0. The highest BCUT2D eigenvalue weighted by Crippen LogP contribution is 2.29. The third-order valence-electron chi connectivity index (χ3n) is 2.45. The zero-order chi connectivity index (χ0) is 12.0. The van der Waals surface area contributed by atoms with E-state index in [2.05, 4.69) is 13.0 Å². The normalized spacial score (nSPS) is 14.1. The van der Waals surface area contributed by atoms with E-state index in [1.54, 1.807) is 0 Å². The molecular weight excluding hydrogens is 218 g/mol. The molecule has 0 bridgehead atoms. The van der Waals surface area contributed by atoms with Gasteiger partial charge in [-0.1, -0.05) is 19.1 Å². The number of nitrogens with zero attached hydrogens (tertiary/aromatic N) is 1. The summed E-state index contributed by atoms with van der Waals surface area (Å²) in [6, 6.07) is 9.81. The SMILES string of the molecule is C[C@H](CO)CS[C@H](C)c1ccc(C#N)cc1. The van der Waals surface area contributed by atoms with E-state index in [0.717, 1.165) is 5.75 Å². The van der Waals surface area contributed by atoms with Crippen LogP contribution >= 0.6 is 11.8 Å². The zero-order valence-corrected chi connectivity index (χ0v) is 10.5. The number of hydrogen-bond acceptors (Lipinski definition) is 3. The molecule has 0 saturated carbocycles. The van der Waals surface area contributed by atoms with E-state index in [-0.39, 0.29) is 6.61 Å². The third kappa shape index (κ3) is 3.88. The number of rotatable bonds is 5. The van der Waals surface area contributed by atoms with Gasteiger partial charge in [0.2, 0.25) is 0 Å². The van der Waals surface area contributed by atoms with Gasteiger partial charge in [-0.2, -0.15) is 17.0 Å². The molecule has 2 atom stereocenters. The van der Waals surface area contributed by atoms with Gasteiger partial charge in [-0.05, 0) is 36.3 Å². The molecule has 1 N–H and O–H groups in total. The van der Waals surface area contributed by atoms with Crippen LogP contribution in [0.3, 0.4) is 0 Å². The van der Waals surface area contributed by atoms with Crippen LogP contribution in [0.2, 0.25) is 0 Å². The lowest BCUT2D eigenvalue weighted by Gasteiger charge is -2.14. The fraction of sp³-hybridized carbons (Fsp3) is 0.462. The van der Waals surface area contributed by atoms with Crippen molar-refractivity contribution in [1.29, 1.82) is 5.26 Å². The van der Waals surface area contributed by atoms with E-state index in [0.29, 0.717) is 16.7 Å². The molecule has 16 heavy (non-hydrogen) atoms. The van der Waals surface area contributed by atoms with E-state index in [1.807, 2.05) is 43.0 Å². The lowest BCUT2D eigenvalue weighted by molar-refractivity contribution is 0.250. The highest BCUT2D eigenvalue weighted by molar-refractivity contribution is 7.99. The van der Waals surface area contributed by atoms with E-state index in [9.17, 15) is 0 Å². The molecule has 2 nitrogen and oxygen atoms in total. The molecule has 0 saturated heterocycles. The van der Waals surface area contributed by atoms with Crippen molar-refractivity contribution < 1.29 is 5.11 Å². The lowest BCUT2D eigenvalue weighted by Crippen LogP contribution is -2.04. The van der Waals surface area contributed by atoms with E-state index < -0.39 is 0 Å². The second-order valence-electron chi connectivity index (χ2n) is 4.00. The maximum absolute atomic E-state index is 8.94. The van der Waals surface area contributed by atoms with Crippen molar-refractivity contribution in [3.8, 4) is 6.07 Å². The summed E-state index contributed by atoms with van der Waals surface area (Å²) in [7, 11) is 0.